The fraction of sp³-hybridized carbons (Fsp3) is 0.455. The first kappa shape index (κ1) is 16.1. The van der Waals surface area contributed by atoms with E-state index in [9.17, 15) is 33.8 Å². The highest BCUT2D eigenvalue weighted by Crippen LogP contribution is 2.28. The highest BCUT2D eigenvalue weighted by Gasteiger charge is 2.37. The second-order valence-electron chi connectivity index (χ2n) is 4.99. The summed E-state index contributed by atoms with van der Waals surface area (Å²) in [4.78, 5) is 20.2. The second kappa shape index (κ2) is 5.85. The van der Waals surface area contributed by atoms with E-state index in [1.807, 2.05) is 0 Å². The van der Waals surface area contributed by atoms with Gasteiger partial charge in [-0.15, -0.1) is 0 Å². The molecular weight excluding hydrogens is 318 g/mol. The Morgan fingerprint density at radius 3 is 2.45 bits per heavy atom. The first-order valence-electron chi connectivity index (χ1n) is 6.22. The molecule has 1 saturated heterocycles. The van der Waals surface area contributed by atoms with Gasteiger partial charge in [0.2, 0.25) is 6.54 Å². The van der Waals surface area contributed by atoms with Crippen molar-refractivity contribution in [1.29, 1.82) is 0 Å². The van der Waals surface area contributed by atoms with E-state index < -0.39 is 49.8 Å². The van der Waals surface area contributed by atoms with Gasteiger partial charge in [0, 0.05) is 16.6 Å². The van der Waals surface area contributed by atoms with Crippen molar-refractivity contribution < 1.29 is 23.4 Å². The Labute approximate surface area is 125 Å². The summed E-state index contributed by atoms with van der Waals surface area (Å²) in [6.07, 6.45) is -1.16. The summed E-state index contributed by atoms with van der Waals surface area (Å²) in [5.41, 5.74) is -0.240. The second-order valence-corrected chi connectivity index (χ2v) is 7.15. The molecule has 1 aromatic carbocycles. The van der Waals surface area contributed by atoms with E-state index in [1.165, 1.54) is 12.1 Å². The fourth-order valence-corrected chi connectivity index (χ4v) is 4.01. The number of nitro groups is 2. The lowest BCUT2D eigenvalue weighted by Crippen LogP contribution is -2.32. The summed E-state index contributed by atoms with van der Waals surface area (Å²) in [5.74, 6) is -0.736. The van der Waals surface area contributed by atoms with Gasteiger partial charge in [-0.3, -0.25) is 20.2 Å². The van der Waals surface area contributed by atoms with E-state index in [0.717, 1.165) is 6.07 Å². The van der Waals surface area contributed by atoms with E-state index >= 15 is 0 Å². The average Bonchev–Trinajstić information content (AvgIpc) is 2.63. The van der Waals surface area contributed by atoms with Gasteiger partial charge in [0.15, 0.2) is 9.84 Å². The smallest absolute Gasteiger partial charge is 0.292 e. The third-order valence-electron chi connectivity index (χ3n) is 3.23. The zero-order valence-corrected chi connectivity index (χ0v) is 12.0. The molecule has 0 unspecified atom stereocenters. The number of nitro benzene ring substituents is 1. The highest BCUT2D eigenvalue weighted by molar-refractivity contribution is 7.91. The Kier molecular flexibility index (Phi) is 4.28. The molecule has 0 amide bonds. The molecule has 1 aromatic rings. The molecule has 1 heterocycles. The van der Waals surface area contributed by atoms with Crippen LogP contribution >= 0.6 is 0 Å². The molecule has 0 radical (unpaired) electrons. The number of anilines is 1. The molecule has 0 aromatic heterocycles. The number of nitrogens with zero attached hydrogens (tertiary/aromatic N) is 2. The lowest BCUT2D eigenvalue weighted by molar-refractivity contribution is -0.496. The van der Waals surface area contributed by atoms with Gasteiger partial charge in [-0.2, -0.15) is 0 Å². The van der Waals surface area contributed by atoms with Gasteiger partial charge < -0.3 is 10.4 Å². The lowest BCUT2D eigenvalue weighted by Gasteiger charge is -2.16. The van der Waals surface area contributed by atoms with Crippen LogP contribution in [0.2, 0.25) is 0 Å². The van der Waals surface area contributed by atoms with Crippen LogP contribution in [-0.2, 0) is 16.4 Å². The van der Waals surface area contributed by atoms with Crippen LogP contribution in [0, 0.1) is 20.2 Å². The quantitative estimate of drug-likeness (QED) is 0.562. The fourth-order valence-electron chi connectivity index (χ4n) is 2.26. The Hall–Kier alpha value is -2.27. The molecular formula is C11H13N3O7S. The van der Waals surface area contributed by atoms with Crippen LogP contribution in [0.5, 0.6) is 0 Å². The molecule has 0 aliphatic carbocycles. The predicted octanol–water partition coefficient (Wildman–Crippen LogP) is -0.0587. The van der Waals surface area contributed by atoms with Gasteiger partial charge in [-0.25, -0.2) is 8.42 Å². The van der Waals surface area contributed by atoms with Gasteiger partial charge in [0.1, 0.15) is 5.69 Å². The van der Waals surface area contributed by atoms with Crippen molar-refractivity contribution in [3.8, 4) is 0 Å². The molecule has 10 nitrogen and oxygen atoms in total. The van der Waals surface area contributed by atoms with Crippen molar-refractivity contribution >= 4 is 21.2 Å². The molecule has 120 valence electrons. The predicted molar refractivity (Wildman–Crippen MR) is 75.9 cm³/mol. The number of aliphatic hydroxyl groups excluding tert-OH is 1. The van der Waals surface area contributed by atoms with Crippen LogP contribution in [0.3, 0.4) is 0 Å². The standard InChI is InChI=1S/C11H13N3O7S/c15-11-6-22(20,21)5-9(11)12-8-2-1-7(4-13(16)17)3-10(8)14(18)19/h1-3,9,11-12,15H,4-6H2/t9-,11+/m1/s1. The maximum atomic E-state index is 11.4. The molecule has 1 fully saturated rings. The molecule has 0 bridgehead atoms. The van der Waals surface area contributed by atoms with Gasteiger partial charge in [-0.1, -0.05) is 0 Å². The number of hydrogen-bond donors (Lipinski definition) is 2. The van der Waals surface area contributed by atoms with Gasteiger partial charge in [0.25, 0.3) is 5.69 Å². The molecule has 2 rings (SSSR count). The maximum Gasteiger partial charge on any atom is 0.292 e. The Morgan fingerprint density at radius 1 is 1.27 bits per heavy atom. The maximum absolute atomic E-state index is 11.4. The summed E-state index contributed by atoms with van der Waals surface area (Å²) in [6, 6.07) is 2.81. The minimum Gasteiger partial charge on any atom is -0.390 e. The van der Waals surface area contributed by atoms with Crippen molar-refractivity contribution in [1.82, 2.24) is 0 Å². The van der Waals surface area contributed by atoms with E-state index in [4.69, 9.17) is 0 Å². The average molecular weight is 331 g/mol. The van der Waals surface area contributed by atoms with Crippen LogP contribution in [0.15, 0.2) is 18.2 Å². The van der Waals surface area contributed by atoms with E-state index in [0.29, 0.717) is 0 Å². The highest BCUT2D eigenvalue weighted by atomic mass is 32.2. The van der Waals surface area contributed by atoms with Crippen molar-refractivity contribution in [2.75, 3.05) is 16.8 Å². The van der Waals surface area contributed by atoms with Gasteiger partial charge in [0.05, 0.1) is 28.6 Å². The van der Waals surface area contributed by atoms with Gasteiger partial charge >= 0.3 is 0 Å². The molecule has 2 N–H and O–H groups in total. The number of aliphatic hydroxyl groups is 1. The number of hydrogen-bond acceptors (Lipinski definition) is 8. The minimum atomic E-state index is -3.39. The molecule has 1 aliphatic heterocycles. The lowest BCUT2D eigenvalue weighted by atomic mass is 10.1. The monoisotopic (exact) mass is 331 g/mol. The summed E-state index contributed by atoms with van der Waals surface area (Å²) in [7, 11) is -3.39. The topological polar surface area (TPSA) is 153 Å². The Morgan fingerprint density at radius 2 is 1.95 bits per heavy atom. The molecule has 1 aliphatic rings. The van der Waals surface area contributed by atoms with Crippen LogP contribution in [0.4, 0.5) is 11.4 Å². The Balaban J connectivity index is 2.27. The van der Waals surface area contributed by atoms with Crippen LogP contribution in [-0.4, -0.2) is 47.0 Å². The Bertz CT molecular complexity index is 718. The number of benzene rings is 1. The van der Waals surface area contributed by atoms with Crippen molar-refractivity contribution in [2.24, 2.45) is 0 Å². The minimum absolute atomic E-state index is 0.0123. The summed E-state index contributed by atoms with van der Waals surface area (Å²) in [5, 5.41) is 33.8. The summed E-state index contributed by atoms with van der Waals surface area (Å²) in [6.45, 7) is -0.554. The van der Waals surface area contributed by atoms with Crippen LogP contribution in [0.1, 0.15) is 5.56 Å². The first-order valence-corrected chi connectivity index (χ1v) is 8.04. The SMILES string of the molecule is O=[N+]([O-])Cc1ccc(N[C@@H]2CS(=O)(=O)C[C@@H]2O)c([N+](=O)[O-])c1. The largest absolute Gasteiger partial charge is 0.390 e. The summed E-state index contributed by atoms with van der Waals surface area (Å²) < 4.78 is 22.9. The zero-order valence-electron chi connectivity index (χ0n) is 11.2. The molecule has 22 heavy (non-hydrogen) atoms. The zero-order chi connectivity index (χ0) is 16.5. The molecule has 2 atom stereocenters. The molecule has 11 heteroatoms. The number of sulfone groups is 1. The molecule has 0 spiro atoms. The summed E-state index contributed by atoms with van der Waals surface area (Å²) >= 11 is 0. The van der Waals surface area contributed by atoms with E-state index in [1.54, 1.807) is 0 Å². The number of nitrogens with one attached hydrogen (secondary N) is 1. The third-order valence-corrected chi connectivity index (χ3v) is 4.95. The van der Waals surface area contributed by atoms with Crippen molar-refractivity contribution in [3.63, 3.8) is 0 Å². The van der Waals surface area contributed by atoms with Crippen molar-refractivity contribution in [3.05, 3.63) is 44.0 Å². The first-order chi connectivity index (χ1) is 10.2. The van der Waals surface area contributed by atoms with Crippen LogP contribution < -0.4 is 5.32 Å². The number of rotatable bonds is 5. The van der Waals surface area contributed by atoms with E-state index in [-0.39, 0.29) is 17.0 Å². The van der Waals surface area contributed by atoms with Crippen LogP contribution in [0.25, 0.3) is 0 Å². The van der Waals surface area contributed by atoms with Gasteiger partial charge in [-0.05, 0) is 12.1 Å². The van der Waals surface area contributed by atoms with E-state index in [2.05, 4.69) is 5.32 Å². The van der Waals surface area contributed by atoms with Crippen molar-refractivity contribution in [2.45, 2.75) is 18.7 Å². The third kappa shape index (κ3) is 3.68. The molecule has 0 saturated carbocycles. The normalized spacial score (nSPS) is 23.1.